The number of aliphatic imine (C=N–C) groups is 1. The van der Waals surface area contributed by atoms with Crippen LogP contribution in [0.25, 0.3) is 10.9 Å². The van der Waals surface area contributed by atoms with E-state index in [1.54, 1.807) is 7.11 Å². The highest BCUT2D eigenvalue weighted by atomic mass is 35.5. The number of hydrogen-bond donors (Lipinski definition) is 1. The first-order valence-electron chi connectivity index (χ1n) is 8.45. The molecular weight excluding hydrogens is 359 g/mol. The summed E-state index contributed by atoms with van der Waals surface area (Å²) in [6.45, 7) is 10.3. The van der Waals surface area contributed by atoms with E-state index in [0.717, 1.165) is 50.9 Å². The minimum absolute atomic E-state index is 0. The minimum atomic E-state index is 0. The number of halogens is 2. The first-order valence-corrected chi connectivity index (χ1v) is 8.45. The number of hydrogen-bond acceptors (Lipinski definition) is 4. The molecule has 140 valence electrons. The average Bonchev–Trinajstić information content (AvgIpc) is 2.97. The predicted molar refractivity (Wildman–Crippen MR) is 110 cm³/mol. The Labute approximate surface area is 162 Å². The summed E-state index contributed by atoms with van der Waals surface area (Å²) in [6, 6.07) is 8.46. The zero-order valence-electron chi connectivity index (χ0n) is 15.1. The Hall–Kier alpha value is -1.43. The Morgan fingerprint density at radius 1 is 1.20 bits per heavy atom. The van der Waals surface area contributed by atoms with E-state index in [1.807, 2.05) is 6.07 Å². The summed E-state index contributed by atoms with van der Waals surface area (Å²) in [6.07, 6.45) is 0. The topological polar surface area (TPSA) is 41.8 Å². The molecule has 7 heteroatoms. The van der Waals surface area contributed by atoms with Crippen LogP contribution < -0.4 is 10.1 Å². The van der Waals surface area contributed by atoms with E-state index in [-0.39, 0.29) is 24.8 Å². The van der Waals surface area contributed by atoms with Gasteiger partial charge in [-0.25, -0.2) is 0 Å². The van der Waals surface area contributed by atoms with Crippen molar-refractivity contribution in [2.75, 3.05) is 39.8 Å². The molecule has 0 fully saturated rings. The van der Waals surface area contributed by atoms with Crippen molar-refractivity contribution in [3.63, 3.8) is 0 Å². The van der Waals surface area contributed by atoms with Gasteiger partial charge in [-0.3, -0.25) is 4.99 Å². The molecule has 2 heterocycles. The highest BCUT2D eigenvalue weighted by Crippen LogP contribution is 2.26. The molecule has 1 aromatic carbocycles. The van der Waals surface area contributed by atoms with Gasteiger partial charge in [0.1, 0.15) is 11.6 Å². The van der Waals surface area contributed by atoms with Crippen molar-refractivity contribution in [2.24, 2.45) is 4.99 Å². The Morgan fingerprint density at radius 2 is 1.96 bits per heavy atom. The third kappa shape index (κ3) is 4.60. The lowest BCUT2D eigenvalue weighted by atomic mass is 10.2. The summed E-state index contributed by atoms with van der Waals surface area (Å²) in [7, 11) is 1.71. The molecule has 1 N–H and O–H groups in total. The first-order chi connectivity index (χ1) is 11.3. The van der Waals surface area contributed by atoms with Crippen molar-refractivity contribution in [1.29, 1.82) is 0 Å². The zero-order chi connectivity index (χ0) is 16.2. The zero-order valence-corrected chi connectivity index (χ0v) is 16.8. The van der Waals surface area contributed by atoms with Crippen LogP contribution in [0.3, 0.4) is 0 Å². The fourth-order valence-electron chi connectivity index (χ4n) is 3.17. The summed E-state index contributed by atoms with van der Waals surface area (Å²) in [5, 5.41) is 4.73. The molecule has 0 atom stereocenters. The smallest absolute Gasteiger partial charge is 0.145 e. The van der Waals surface area contributed by atoms with Gasteiger partial charge in [-0.05, 0) is 37.4 Å². The average molecular weight is 387 g/mol. The number of nitrogens with one attached hydrogen (secondary N) is 1. The van der Waals surface area contributed by atoms with E-state index in [0.29, 0.717) is 0 Å². The second-order valence-electron chi connectivity index (χ2n) is 5.79. The molecule has 0 bridgehead atoms. The molecular formula is C18H28Cl2N4O. The van der Waals surface area contributed by atoms with Crippen molar-refractivity contribution in [2.45, 2.75) is 20.4 Å². The van der Waals surface area contributed by atoms with E-state index in [9.17, 15) is 0 Å². The van der Waals surface area contributed by atoms with Gasteiger partial charge in [0, 0.05) is 30.5 Å². The number of benzene rings is 1. The van der Waals surface area contributed by atoms with Crippen LogP contribution in [0.2, 0.25) is 0 Å². The van der Waals surface area contributed by atoms with Crippen molar-refractivity contribution < 1.29 is 4.74 Å². The fourth-order valence-corrected chi connectivity index (χ4v) is 3.17. The Kier molecular flexibility index (Phi) is 8.56. The van der Waals surface area contributed by atoms with Gasteiger partial charge >= 0.3 is 0 Å². The lowest BCUT2D eigenvalue weighted by molar-refractivity contribution is 0.308. The Morgan fingerprint density at radius 3 is 2.64 bits per heavy atom. The monoisotopic (exact) mass is 386 g/mol. The Balaban J connectivity index is 0.00000156. The standard InChI is InChI=1S/C18H26N4O.2ClH/c1-4-21(5-2)10-8-19-18-17-13-14-12-15(23-3)6-7-16(14)22(17)11-9-20-18;;/h6-7,12-13H,4-5,8-11H2,1-3H3,(H,19,20);2*1H. The third-order valence-corrected chi connectivity index (χ3v) is 4.56. The maximum absolute atomic E-state index is 5.34. The van der Waals surface area contributed by atoms with E-state index in [1.165, 1.54) is 16.6 Å². The molecule has 3 rings (SSSR count). The summed E-state index contributed by atoms with van der Waals surface area (Å²) in [4.78, 5) is 7.11. The molecule has 1 aromatic heterocycles. The highest BCUT2D eigenvalue weighted by molar-refractivity contribution is 6.02. The van der Waals surface area contributed by atoms with Crippen LogP contribution in [0.5, 0.6) is 5.75 Å². The molecule has 0 unspecified atom stereocenters. The normalized spacial score (nSPS) is 12.9. The summed E-state index contributed by atoms with van der Waals surface area (Å²) in [5.41, 5.74) is 2.43. The number of likely N-dealkylation sites (N-methyl/N-ethyl adjacent to an activating group) is 1. The van der Waals surface area contributed by atoms with E-state index in [4.69, 9.17) is 9.73 Å². The molecule has 1 aliphatic heterocycles. The van der Waals surface area contributed by atoms with Crippen LogP contribution in [0.15, 0.2) is 29.3 Å². The number of aromatic nitrogens is 1. The molecule has 2 aromatic rings. The lowest BCUT2D eigenvalue weighted by Crippen LogP contribution is -2.37. The van der Waals surface area contributed by atoms with Crippen molar-refractivity contribution in [3.8, 4) is 5.75 Å². The molecule has 1 aliphatic rings. The van der Waals surface area contributed by atoms with Crippen LogP contribution >= 0.6 is 24.8 Å². The van der Waals surface area contributed by atoms with Crippen molar-refractivity contribution in [3.05, 3.63) is 30.0 Å². The van der Waals surface area contributed by atoms with Gasteiger partial charge in [-0.1, -0.05) is 13.8 Å². The van der Waals surface area contributed by atoms with Gasteiger partial charge in [0.15, 0.2) is 0 Å². The van der Waals surface area contributed by atoms with Crippen LogP contribution in [0.4, 0.5) is 0 Å². The minimum Gasteiger partial charge on any atom is -0.497 e. The fraction of sp³-hybridized carbons (Fsp3) is 0.500. The summed E-state index contributed by atoms with van der Waals surface area (Å²) < 4.78 is 7.69. The van der Waals surface area contributed by atoms with E-state index in [2.05, 4.69) is 46.8 Å². The molecule has 0 amide bonds. The second-order valence-corrected chi connectivity index (χ2v) is 5.79. The second kappa shape index (κ2) is 9.90. The number of rotatable bonds is 6. The Bertz CT molecular complexity index is 710. The quantitative estimate of drug-likeness (QED) is 0.828. The predicted octanol–water partition coefficient (Wildman–Crippen LogP) is 3.19. The highest BCUT2D eigenvalue weighted by Gasteiger charge is 2.17. The molecule has 0 radical (unpaired) electrons. The molecule has 0 spiro atoms. The maximum Gasteiger partial charge on any atom is 0.145 e. The van der Waals surface area contributed by atoms with Gasteiger partial charge in [0.2, 0.25) is 0 Å². The van der Waals surface area contributed by atoms with Crippen LogP contribution in [-0.2, 0) is 6.54 Å². The lowest BCUT2D eigenvalue weighted by Gasteiger charge is -2.21. The maximum atomic E-state index is 5.34. The van der Waals surface area contributed by atoms with Gasteiger partial charge in [0.05, 0.1) is 19.3 Å². The third-order valence-electron chi connectivity index (χ3n) is 4.56. The first kappa shape index (κ1) is 21.6. The van der Waals surface area contributed by atoms with Gasteiger partial charge in [0.25, 0.3) is 0 Å². The molecule has 0 aliphatic carbocycles. The summed E-state index contributed by atoms with van der Waals surface area (Å²) in [5.74, 6) is 1.91. The molecule has 0 saturated carbocycles. The number of ether oxygens (including phenoxy) is 1. The van der Waals surface area contributed by atoms with Gasteiger partial charge < -0.3 is 19.5 Å². The largest absolute Gasteiger partial charge is 0.497 e. The van der Waals surface area contributed by atoms with Gasteiger partial charge in [-0.15, -0.1) is 24.8 Å². The van der Waals surface area contributed by atoms with Crippen molar-refractivity contribution >= 4 is 41.6 Å². The number of nitrogens with zero attached hydrogens (tertiary/aromatic N) is 3. The van der Waals surface area contributed by atoms with Crippen LogP contribution in [0, 0.1) is 0 Å². The number of amidine groups is 1. The van der Waals surface area contributed by atoms with E-state index >= 15 is 0 Å². The van der Waals surface area contributed by atoms with Crippen LogP contribution in [0.1, 0.15) is 19.5 Å². The molecule has 0 saturated heterocycles. The summed E-state index contributed by atoms with van der Waals surface area (Å²) >= 11 is 0. The van der Waals surface area contributed by atoms with Crippen LogP contribution in [-0.4, -0.2) is 55.1 Å². The van der Waals surface area contributed by atoms with Crippen molar-refractivity contribution in [1.82, 2.24) is 14.8 Å². The van der Waals surface area contributed by atoms with Gasteiger partial charge in [-0.2, -0.15) is 0 Å². The molecule has 5 nitrogen and oxygen atoms in total. The SMILES string of the molecule is CCN(CC)CCNC1=NCCn2c1cc1cc(OC)ccc12.Cl.Cl. The number of methoxy groups -OCH3 is 1. The number of fused-ring (bicyclic) bond motifs is 3. The van der Waals surface area contributed by atoms with E-state index < -0.39 is 0 Å². The molecule has 25 heavy (non-hydrogen) atoms.